The van der Waals surface area contributed by atoms with E-state index in [9.17, 15) is 0 Å². The van der Waals surface area contributed by atoms with E-state index >= 15 is 0 Å². The Morgan fingerprint density at radius 3 is 1.73 bits per heavy atom. The van der Waals surface area contributed by atoms with Crippen LogP contribution in [0.2, 0.25) is 0 Å². The SMILES string of the molecule is C#Cc1ccsc1Oc1cccc(Oc2sccc2C#C)c1. The number of ether oxygens (including phenoxy) is 2. The summed E-state index contributed by atoms with van der Waals surface area (Å²) in [5.41, 5.74) is 1.48. The Hall–Kier alpha value is -2.66. The first kappa shape index (κ1) is 14.3. The van der Waals surface area contributed by atoms with Crippen molar-refractivity contribution < 1.29 is 9.47 Å². The summed E-state index contributed by atoms with van der Waals surface area (Å²) in [6.07, 6.45) is 10.9. The average Bonchev–Trinajstić information content (AvgIpc) is 3.16. The van der Waals surface area contributed by atoms with E-state index in [2.05, 4.69) is 11.8 Å². The lowest BCUT2D eigenvalue weighted by atomic mass is 10.3. The highest BCUT2D eigenvalue weighted by molar-refractivity contribution is 7.12. The predicted octanol–water partition coefficient (Wildman–Crippen LogP) is 5.36. The van der Waals surface area contributed by atoms with Gasteiger partial charge in [-0.1, -0.05) is 17.9 Å². The van der Waals surface area contributed by atoms with Gasteiger partial charge in [0.15, 0.2) is 10.1 Å². The zero-order chi connectivity index (χ0) is 15.4. The maximum Gasteiger partial charge on any atom is 0.196 e. The summed E-state index contributed by atoms with van der Waals surface area (Å²) < 4.78 is 11.6. The molecule has 0 N–H and O–H groups in total. The van der Waals surface area contributed by atoms with Gasteiger partial charge in [0.25, 0.3) is 0 Å². The molecule has 0 aliphatic rings. The van der Waals surface area contributed by atoms with E-state index < -0.39 is 0 Å². The van der Waals surface area contributed by atoms with Crippen LogP contribution in [0.5, 0.6) is 21.6 Å². The van der Waals surface area contributed by atoms with Crippen LogP contribution in [0.4, 0.5) is 0 Å². The predicted molar refractivity (Wildman–Crippen MR) is 91.1 cm³/mol. The van der Waals surface area contributed by atoms with Crippen molar-refractivity contribution in [1.82, 2.24) is 0 Å². The lowest BCUT2D eigenvalue weighted by Gasteiger charge is -2.07. The molecule has 0 saturated carbocycles. The maximum absolute atomic E-state index is 5.82. The smallest absolute Gasteiger partial charge is 0.196 e. The Morgan fingerprint density at radius 1 is 0.773 bits per heavy atom. The molecular formula is C18H10O2S2. The van der Waals surface area contributed by atoms with E-state index in [1.807, 2.05) is 41.1 Å². The molecule has 22 heavy (non-hydrogen) atoms. The molecule has 0 radical (unpaired) electrons. The highest BCUT2D eigenvalue weighted by atomic mass is 32.1. The molecule has 0 saturated heterocycles. The number of hydrogen-bond donors (Lipinski definition) is 0. The Bertz CT molecular complexity index is 805. The molecule has 0 unspecified atom stereocenters. The number of benzene rings is 1. The van der Waals surface area contributed by atoms with E-state index in [0.717, 1.165) is 11.1 Å². The fraction of sp³-hybridized carbons (Fsp3) is 0. The van der Waals surface area contributed by atoms with Crippen molar-refractivity contribution in [2.75, 3.05) is 0 Å². The van der Waals surface area contributed by atoms with Gasteiger partial charge >= 0.3 is 0 Å². The minimum absolute atomic E-state index is 0.662. The van der Waals surface area contributed by atoms with Gasteiger partial charge in [0.1, 0.15) is 11.5 Å². The summed E-state index contributed by atoms with van der Waals surface area (Å²) in [5.74, 6) is 6.52. The molecule has 2 aromatic heterocycles. The minimum atomic E-state index is 0.662. The summed E-state index contributed by atoms with van der Waals surface area (Å²) in [6, 6.07) is 11.1. The topological polar surface area (TPSA) is 18.5 Å². The number of terminal acetylenes is 2. The van der Waals surface area contributed by atoms with Crippen molar-refractivity contribution in [3.63, 3.8) is 0 Å². The van der Waals surface area contributed by atoms with Crippen LogP contribution in [0, 0.1) is 24.7 Å². The zero-order valence-corrected chi connectivity index (χ0v) is 13.0. The van der Waals surface area contributed by atoms with E-state index in [-0.39, 0.29) is 0 Å². The van der Waals surface area contributed by atoms with Crippen molar-refractivity contribution in [3.05, 3.63) is 58.3 Å². The van der Waals surface area contributed by atoms with Crippen LogP contribution in [0.3, 0.4) is 0 Å². The fourth-order valence-electron chi connectivity index (χ4n) is 1.78. The molecule has 0 atom stereocenters. The molecule has 0 spiro atoms. The Morgan fingerprint density at radius 2 is 1.27 bits per heavy atom. The van der Waals surface area contributed by atoms with E-state index in [4.69, 9.17) is 22.3 Å². The number of rotatable bonds is 4. The van der Waals surface area contributed by atoms with Gasteiger partial charge in [0.2, 0.25) is 0 Å². The van der Waals surface area contributed by atoms with Crippen molar-refractivity contribution >= 4 is 22.7 Å². The third-order valence-electron chi connectivity index (χ3n) is 2.80. The standard InChI is InChI=1S/C18H10O2S2/c1-3-13-8-10-21-17(13)19-15-6-5-7-16(12-15)20-18-14(4-2)9-11-22-18/h1-2,5-12H. The minimum Gasteiger partial charge on any atom is -0.445 e. The third-order valence-corrected chi connectivity index (χ3v) is 4.38. The largest absolute Gasteiger partial charge is 0.445 e. The first-order valence-electron chi connectivity index (χ1n) is 6.34. The highest BCUT2D eigenvalue weighted by Gasteiger charge is 2.08. The molecule has 4 heteroatoms. The molecule has 0 fully saturated rings. The Balaban J connectivity index is 1.82. The summed E-state index contributed by atoms with van der Waals surface area (Å²) in [5, 5.41) is 5.19. The number of hydrogen-bond acceptors (Lipinski definition) is 4. The summed E-state index contributed by atoms with van der Waals surface area (Å²) in [7, 11) is 0. The molecule has 106 valence electrons. The van der Waals surface area contributed by atoms with Gasteiger partial charge in [-0.05, 0) is 35.0 Å². The van der Waals surface area contributed by atoms with E-state index in [1.165, 1.54) is 22.7 Å². The van der Waals surface area contributed by atoms with Crippen LogP contribution in [-0.2, 0) is 0 Å². The molecule has 0 bridgehead atoms. The second kappa shape index (κ2) is 6.41. The van der Waals surface area contributed by atoms with Gasteiger partial charge in [-0.3, -0.25) is 0 Å². The Kier molecular flexibility index (Phi) is 4.16. The molecule has 0 amide bonds. The third kappa shape index (κ3) is 2.99. The average molecular weight is 322 g/mol. The monoisotopic (exact) mass is 322 g/mol. The molecule has 2 nitrogen and oxygen atoms in total. The molecule has 0 aliphatic heterocycles. The van der Waals surface area contributed by atoms with Crippen molar-refractivity contribution in [1.29, 1.82) is 0 Å². The second-order valence-electron chi connectivity index (χ2n) is 4.21. The summed E-state index contributed by atoms with van der Waals surface area (Å²) in [4.78, 5) is 0. The molecule has 2 heterocycles. The normalized spacial score (nSPS) is 9.73. The van der Waals surface area contributed by atoms with Gasteiger partial charge in [0.05, 0.1) is 11.1 Å². The molecule has 1 aromatic carbocycles. The highest BCUT2D eigenvalue weighted by Crippen LogP contribution is 2.35. The molecule has 3 rings (SSSR count). The summed E-state index contributed by atoms with van der Waals surface area (Å²) in [6.45, 7) is 0. The second-order valence-corrected chi connectivity index (χ2v) is 5.97. The van der Waals surface area contributed by atoms with Crippen LogP contribution in [0.15, 0.2) is 47.2 Å². The number of thiophene rings is 2. The van der Waals surface area contributed by atoms with E-state index in [1.54, 1.807) is 6.07 Å². The lowest BCUT2D eigenvalue weighted by molar-refractivity contribution is 0.472. The van der Waals surface area contributed by atoms with Crippen LogP contribution in [0.25, 0.3) is 0 Å². The van der Waals surface area contributed by atoms with E-state index in [0.29, 0.717) is 21.6 Å². The van der Waals surface area contributed by atoms with Crippen molar-refractivity contribution in [3.8, 4) is 46.3 Å². The van der Waals surface area contributed by atoms with Gasteiger partial charge < -0.3 is 9.47 Å². The molecule has 0 aliphatic carbocycles. The van der Waals surface area contributed by atoms with Gasteiger partial charge in [-0.25, -0.2) is 0 Å². The lowest BCUT2D eigenvalue weighted by Crippen LogP contribution is -1.87. The van der Waals surface area contributed by atoms with Gasteiger partial charge in [-0.2, -0.15) is 0 Å². The van der Waals surface area contributed by atoms with Crippen molar-refractivity contribution in [2.45, 2.75) is 0 Å². The fourth-order valence-corrected chi connectivity index (χ4v) is 3.23. The van der Waals surface area contributed by atoms with Gasteiger partial charge in [-0.15, -0.1) is 35.5 Å². The van der Waals surface area contributed by atoms with Crippen LogP contribution >= 0.6 is 22.7 Å². The van der Waals surface area contributed by atoms with Crippen LogP contribution in [0.1, 0.15) is 11.1 Å². The van der Waals surface area contributed by atoms with Crippen LogP contribution in [-0.4, -0.2) is 0 Å². The first-order chi connectivity index (χ1) is 10.8. The first-order valence-corrected chi connectivity index (χ1v) is 8.10. The zero-order valence-electron chi connectivity index (χ0n) is 11.4. The quantitative estimate of drug-likeness (QED) is 0.602. The Labute approximate surface area is 137 Å². The molecular weight excluding hydrogens is 312 g/mol. The maximum atomic E-state index is 5.82. The van der Waals surface area contributed by atoms with Crippen molar-refractivity contribution in [2.24, 2.45) is 0 Å². The summed E-state index contributed by atoms with van der Waals surface area (Å²) >= 11 is 2.91. The van der Waals surface area contributed by atoms with Gasteiger partial charge in [0, 0.05) is 6.07 Å². The van der Waals surface area contributed by atoms with Crippen LogP contribution < -0.4 is 9.47 Å². The molecule has 3 aromatic rings.